The van der Waals surface area contributed by atoms with Crippen molar-refractivity contribution in [1.82, 2.24) is 5.32 Å². The predicted octanol–water partition coefficient (Wildman–Crippen LogP) is 2.21. The minimum atomic E-state index is 0.287. The molecule has 0 aromatic carbocycles. The summed E-state index contributed by atoms with van der Waals surface area (Å²) >= 11 is 0. The molecule has 2 aliphatic carbocycles. The Morgan fingerprint density at radius 2 is 2.17 bits per heavy atom. The van der Waals surface area contributed by atoms with Crippen LogP contribution in [0.5, 0.6) is 0 Å². The topological polar surface area (TPSA) is 30.5 Å². The van der Waals surface area contributed by atoms with Crippen molar-refractivity contribution < 1.29 is 9.47 Å². The summed E-state index contributed by atoms with van der Waals surface area (Å²) in [5.41, 5.74) is 0. The highest BCUT2D eigenvalue weighted by atomic mass is 16.6. The summed E-state index contributed by atoms with van der Waals surface area (Å²) < 4.78 is 11.6. The quantitative estimate of drug-likeness (QED) is 0.815. The van der Waals surface area contributed by atoms with Gasteiger partial charge in [0.25, 0.3) is 0 Å². The first-order valence-electron chi connectivity index (χ1n) is 7.81. The van der Waals surface area contributed by atoms with E-state index in [1.54, 1.807) is 0 Å². The molecule has 3 heteroatoms. The fourth-order valence-electron chi connectivity index (χ4n) is 4.32. The number of ether oxygens (including phenoxy) is 2. The highest BCUT2D eigenvalue weighted by Gasteiger charge is 2.45. The van der Waals surface area contributed by atoms with E-state index in [9.17, 15) is 0 Å². The maximum absolute atomic E-state index is 5.97. The van der Waals surface area contributed by atoms with Crippen LogP contribution in [0.4, 0.5) is 0 Å². The third kappa shape index (κ3) is 2.59. The zero-order valence-corrected chi connectivity index (χ0v) is 11.6. The van der Waals surface area contributed by atoms with Crippen molar-refractivity contribution in [1.29, 1.82) is 0 Å². The maximum atomic E-state index is 5.97. The number of hydrogen-bond acceptors (Lipinski definition) is 3. The van der Waals surface area contributed by atoms with Gasteiger partial charge in [-0.3, -0.25) is 0 Å². The molecule has 1 saturated heterocycles. The highest BCUT2D eigenvalue weighted by Crippen LogP contribution is 2.50. The normalized spacial score (nSPS) is 41.2. The van der Waals surface area contributed by atoms with Crippen molar-refractivity contribution in [3.8, 4) is 0 Å². The van der Waals surface area contributed by atoms with Gasteiger partial charge < -0.3 is 14.8 Å². The van der Waals surface area contributed by atoms with Crippen LogP contribution in [-0.4, -0.2) is 38.5 Å². The van der Waals surface area contributed by atoms with Gasteiger partial charge in [-0.2, -0.15) is 0 Å². The van der Waals surface area contributed by atoms with E-state index >= 15 is 0 Å². The summed E-state index contributed by atoms with van der Waals surface area (Å²) in [4.78, 5) is 0. The van der Waals surface area contributed by atoms with Crippen LogP contribution in [0.2, 0.25) is 0 Å². The smallest absolute Gasteiger partial charge is 0.0964 e. The maximum Gasteiger partial charge on any atom is 0.0964 e. The summed E-state index contributed by atoms with van der Waals surface area (Å²) in [6.07, 6.45) is 7.31. The average Bonchev–Trinajstić information content (AvgIpc) is 3.03. The molecule has 3 aliphatic rings. The van der Waals surface area contributed by atoms with E-state index in [-0.39, 0.29) is 6.10 Å². The molecule has 1 aliphatic heterocycles. The second kappa shape index (κ2) is 5.89. The van der Waals surface area contributed by atoms with Crippen molar-refractivity contribution >= 4 is 0 Å². The standard InChI is InChI=1S/C15H27NO2/c1-2-5-16-15(14-10-17-6-7-18-14)13-9-11-3-4-12(13)8-11/h11-16H,2-10H2,1H3. The van der Waals surface area contributed by atoms with Gasteiger partial charge in [0.1, 0.15) is 0 Å². The molecule has 0 radical (unpaired) electrons. The second-order valence-electron chi connectivity index (χ2n) is 6.30. The Hall–Kier alpha value is -0.120. The van der Waals surface area contributed by atoms with E-state index in [1.807, 2.05) is 0 Å². The molecule has 1 N–H and O–H groups in total. The van der Waals surface area contributed by atoms with Crippen molar-refractivity contribution in [2.24, 2.45) is 17.8 Å². The Kier molecular flexibility index (Phi) is 4.22. The molecule has 0 amide bonds. The molecule has 18 heavy (non-hydrogen) atoms. The van der Waals surface area contributed by atoms with Crippen LogP contribution in [-0.2, 0) is 9.47 Å². The van der Waals surface area contributed by atoms with Gasteiger partial charge in [-0.25, -0.2) is 0 Å². The van der Waals surface area contributed by atoms with E-state index in [0.29, 0.717) is 6.04 Å². The molecule has 0 aromatic rings. The van der Waals surface area contributed by atoms with Crippen molar-refractivity contribution in [2.75, 3.05) is 26.4 Å². The third-order valence-electron chi connectivity index (χ3n) is 5.13. The van der Waals surface area contributed by atoms with E-state index in [0.717, 1.165) is 44.1 Å². The van der Waals surface area contributed by atoms with Gasteiger partial charge in [-0.05, 0) is 50.0 Å². The molecule has 5 unspecified atom stereocenters. The average molecular weight is 253 g/mol. The zero-order valence-electron chi connectivity index (χ0n) is 11.6. The first kappa shape index (κ1) is 12.9. The van der Waals surface area contributed by atoms with Gasteiger partial charge in [0.2, 0.25) is 0 Å². The van der Waals surface area contributed by atoms with Crippen molar-refractivity contribution in [2.45, 2.75) is 51.2 Å². The van der Waals surface area contributed by atoms with Gasteiger partial charge in [0.15, 0.2) is 0 Å². The van der Waals surface area contributed by atoms with E-state index in [4.69, 9.17) is 9.47 Å². The lowest BCUT2D eigenvalue weighted by Gasteiger charge is -2.38. The number of nitrogens with one attached hydrogen (secondary N) is 1. The molecule has 3 fully saturated rings. The largest absolute Gasteiger partial charge is 0.376 e. The molecular formula is C15H27NO2. The Labute approximate surface area is 111 Å². The fourth-order valence-corrected chi connectivity index (χ4v) is 4.32. The molecule has 1 heterocycles. The van der Waals surface area contributed by atoms with Crippen LogP contribution < -0.4 is 5.32 Å². The van der Waals surface area contributed by atoms with Crippen LogP contribution in [0.15, 0.2) is 0 Å². The lowest BCUT2D eigenvalue weighted by Crippen LogP contribution is -2.52. The molecule has 3 rings (SSSR count). The first-order valence-corrected chi connectivity index (χ1v) is 7.81. The summed E-state index contributed by atoms with van der Waals surface area (Å²) in [7, 11) is 0. The summed E-state index contributed by atoms with van der Waals surface area (Å²) in [6, 6.07) is 0.528. The molecular weight excluding hydrogens is 226 g/mol. The van der Waals surface area contributed by atoms with Gasteiger partial charge in [0.05, 0.1) is 25.9 Å². The van der Waals surface area contributed by atoms with E-state index in [1.165, 1.54) is 32.1 Å². The summed E-state index contributed by atoms with van der Waals surface area (Å²) in [5.74, 6) is 2.80. The van der Waals surface area contributed by atoms with Crippen molar-refractivity contribution in [3.63, 3.8) is 0 Å². The predicted molar refractivity (Wildman–Crippen MR) is 71.6 cm³/mol. The van der Waals surface area contributed by atoms with Crippen LogP contribution in [0.1, 0.15) is 39.0 Å². The molecule has 0 spiro atoms. The van der Waals surface area contributed by atoms with Crippen LogP contribution in [0.25, 0.3) is 0 Å². The van der Waals surface area contributed by atoms with Crippen LogP contribution >= 0.6 is 0 Å². The van der Waals surface area contributed by atoms with Gasteiger partial charge in [-0.15, -0.1) is 0 Å². The monoisotopic (exact) mass is 253 g/mol. The number of fused-ring (bicyclic) bond motifs is 2. The minimum Gasteiger partial charge on any atom is -0.376 e. The Balaban J connectivity index is 1.64. The molecule has 2 bridgehead atoms. The summed E-state index contributed by atoms with van der Waals surface area (Å²) in [6.45, 7) is 5.68. The van der Waals surface area contributed by atoms with Gasteiger partial charge in [-0.1, -0.05) is 13.3 Å². The lowest BCUT2D eigenvalue weighted by atomic mass is 9.81. The third-order valence-corrected chi connectivity index (χ3v) is 5.13. The molecule has 5 atom stereocenters. The Morgan fingerprint density at radius 3 is 2.78 bits per heavy atom. The SMILES string of the molecule is CCCNC(C1COCCO1)C1CC2CCC1C2. The van der Waals surface area contributed by atoms with Crippen LogP contribution in [0, 0.1) is 17.8 Å². The summed E-state index contributed by atoms with van der Waals surface area (Å²) in [5, 5.41) is 3.76. The number of hydrogen-bond donors (Lipinski definition) is 1. The van der Waals surface area contributed by atoms with Crippen molar-refractivity contribution in [3.05, 3.63) is 0 Å². The Morgan fingerprint density at radius 1 is 1.22 bits per heavy atom. The molecule has 2 saturated carbocycles. The molecule has 104 valence electrons. The van der Waals surface area contributed by atoms with Gasteiger partial charge >= 0.3 is 0 Å². The number of rotatable bonds is 5. The molecule has 0 aromatic heterocycles. The Bertz CT molecular complexity index is 265. The zero-order chi connectivity index (χ0) is 12.4. The van der Waals surface area contributed by atoms with E-state index in [2.05, 4.69) is 12.2 Å². The lowest BCUT2D eigenvalue weighted by molar-refractivity contribution is -0.111. The van der Waals surface area contributed by atoms with Gasteiger partial charge in [0, 0.05) is 6.04 Å². The second-order valence-corrected chi connectivity index (χ2v) is 6.30. The molecule has 3 nitrogen and oxygen atoms in total. The minimum absolute atomic E-state index is 0.287. The first-order chi connectivity index (χ1) is 8.88. The van der Waals surface area contributed by atoms with Crippen LogP contribution in [0.3, 0.4) is 0 Å². The fraction of sp³-hybridized carbons (Fsp3) is 1.00. The highest BCUT2D eigenvalue weighted by molar-refractivity contribution is 4.98. The van der Waals surface area contributed by atoms with E-state index < -0.39 is 0 Å².